The van der Waals surface area contributed by atoms with Crippen LogP contribution in [-0.2, 0) is 11.3 Å². The summed E-state index contributed by atoms with van der Waals surface area (Å²) >= 11 is 3.69. The summed E-state index contributed by atoms with van der Waals surface area (Å²) in [5.74, 6) is 2.11. The van der Waals surface area contributed by atoms with Crippen LogP contribution in [0.3, 0.4) is 0 Å². The molecule has 33 heavy (non-hydrogen) atoms. The van der Waals surface area contributed by atoms with E-state index in [1.807, 2.05) is 12.1 Å². The largest absolute Gasteiger partial charge is 0.342 e. The standard InChI is InChI=1S/C28H26BrN3O/c29-24-7-4-8-25-26(24)30-27(22-11-9-21(10-12-22)20-5-2-1-3-6-20)32(25)18-19-15-16-31(17-19)28(33)23-13-14-23/h1-12,19,23H,13-18H2/t19-/m1/s1. The quantitative estimate of drug-likeness (QED) is 0.319. The van der Waals surface area contributed by atoms with Gasteiger partial charge in [0.05, 0.1) is 5.52 Å². The number of benzene rings is 3. The molecule has 2 aliphatic rings. The van der Waals surface area contributed by atoms with E-state index in [4.69, 9.17) is 4.98 Å². The first kappa shape index (κ1) is 20.7. The molecule has 2 fully saturated rings. The van der Waals surface area contributed by atoms with Gasteiger partial charge in [-0.05, 0) is 64.4 Å². The molecule has 1 aliphatic carbocycles. The lowest BCUT2D eigenvalue weighted by Crippen LogP contribution is -2.30. The number of fused-ring (bicyclic) bond motifs is 1. The van der Waals surface area contributed by atoms with Gasteiger partial charge in [0.2, 0.25) is 5.91 Å². The first-order chi connectivity index (χ1) is 16.2. The smallest absolute Gasteiger partial charge is 0.225 e. The minimum atomic E-state index is 0.299. The van der Waals surface area contributed by atoms with Gasteiger partial charge < -0.3 is 9.47 Å². The second kappa shape index (κ2) is 8.45. The predicted octanol–water partition coefficient (Wildman–Crippen LogP) is 6.39. The molecular formula is C28H26BrN3O. The van der Waals surface area contributed by atoms with Crippen LogP contribution in [-0.4, -0.2) is 33.4 Å². The number of hydrogen-bond acceptors (Lipinski definition) is 2. The molecule has 0 radical (unpaired) electrons. The van der Waals surface area contributed by atoms with Crippen LogP contribution in [0.15, 0.2) is 77.3 Å². The van der Waals surface area contributed by atoms with Crippen molar-refractivity contribution in [2.24, 2.45) is 11.8 Å². The van der Waals surface area contributed by atoms with Gasteiger partial charge in [-0.1, -0.05) is 60.7 Å². The normalized spacial score (nSPS) is 18.2. The Morgan fingerprint density at radius 1 is 0.879 bits per heavy atom. The first-order valence-electron chi connectivity index (χ1n) is 11.8. The molecule has 0 N–H and O–H groups in total. The summed E-state index contributed by atoms with van der Waals surface area (Å²) in [6.07, 6.45) is 3.20. The van der Waals surface area contributed by atoms with Crippen molar-refractivity contribution in [2.75, 3.05) is 13.1 Å². The van der Waals surface area contributed by atoms with Crippen LogP contribution in [0, 0.1) is 11.8 Å². The average molecular weight is 500 g/mol. The lowest BCUT2D eigenvalue weighted by Gasteiger charge is -2.18. The van der Waals surface area contributed by atoms with Crippen molar-refractivity contribution < 1.29 is 4.79 Å². The molecule has 4 aromatic rings. The molecule has 1 saturated heterocycles. The molecule has 1 amide bonds. The Hall–Kier alpha value is -2.92. The molecule has 5 heteroatoms. The summed E-state index contributed by atoms with van der Waals surface area (Å²) in [4.78, 5) is 19.7. The van der Waals surface area contributed by atoms with Crippen LogP contribution >= 0.6 is 15.9 Å². The summed E-state index contributed by atoms with van der Waals surface area (Å²) in [6, 6.07) is 25.4. The molecule has 2 heterocycles. The van der Waals surface area contributed by atoms with Gasteiger partial charge in [-0.15, -0.1) is 0 Å². The van der Waals surface area contributed by atoms with E-state index in [-0.39, 0.29) is 0 Å². The molecule has 3 aromatic carbocycles. The van der Waals surface area contributed by atoms with E-state index in [1.165, 1.54) is 11.1 Å². The molecular weight excluding hydrogens is 474 g/mol. The monoisotopic (exact) mass is 499 g/mol. The SMILES string of the molecule is O=C(C1CC1)N1CC[C@@H](Cn2c(-c3ccc(-c4ccccc4)cc3)nc3c(Br)cccc32)C1. The lowest BCUT2D eigenvalue weighted by atomic mass is 10.0. The van der Waals surface area contributed by atoms with Gasteiger partial charge in [0.1, 0.15) is 11.3 Å². The van der Waals surface area contributed by atoms with Crippen LogP contribution < -0.4 is 0 Å². The Morgan fingerprint density at radius 2 is 1.61 bits per heavy atom. The molecule has 1 aliphatic heterocycles. The average Bonchev–Trinajstić information content (AvgIpc) is 3.49. The highest BCUT2D eigenvalue weighted by atomic mass is 79.9. The zero-order chi connectivity index (χ0) is 22.4. The Balaban J connectivity index is 1.33. The van der Waals surface area contributed by atoms with E-state index in [2.05, 4.69) is 86.1 Å². The number of carbonyl (C=O) groups excluding carboxylic acids is 1. The minimum Gasteiger partial charge on any atom is -0.342 e. The van der Waals surface area contributed by atoms with Gasteiger partial charge in [-0.2, -0.15) is 0 Å². The third-order valence-corrected chi connectivity index (χ3v) is 7.58. The van der Waals surface area contributed by atoms with Gasteiger partial charge in [0.15, 0.2) is 0 Å². The van der Waals surface area contributed by atoms with Crippen molar-refractivity contribution in [3.05, 3.63) is 77.3 Å². The number of rotatable bonds is 5. The summed E-state index contributed by atoms with van der Waals surface area (Å²) in [6.45, 7) is 2.62. The number of imidazole rings is 1. The summed E-state index contributed by atoms with van der Waals surface area (Å²) in [5.41, 5.74) is 5.66. The van der Waals surface area contributed by atoms with Gasteiger partial charge in [0.25, 0.3) is 0 Å². The Morgan fingerprint density at radius 3 is 2.36 bits per heavy atom. The number of likely N-dealkylation sites (tertiary alicyclic amines) is 1. The van der Waals surface area contributed by atoms with Gasteiger partial charge in [0, 0.05) is 35.6 Å². The number of amides is 1. The Bertz CT molecular complexity index is 1310. The zero-order valence-electron chi connectivity index (χ0n) is 18.5. The van der Waals surface area contributed by atoms with Crippen molar-refractivity contribution in [1.29, 1.82) is 0 Å². The van der Waals surface area contributed by atoms with E-state index in [0.29, 0.717) is 17.7 Å². The van der Waals surface area contributed by atoms with Crippen molar-refractivity contribution in [2.45, 2.75) is 25.8 Å². The van der Waals surface area contributed by atoms with E-state index < -0.39 is 0 Å². The van der Waals surface area contributed by atoms with Crippen LogP contribution in [0.5, 0.6) is 0 Å². The molecule has 0 spiro atoms. The highest BCUT2D eigenvalue weighted by Crippen LogP contribution is 2.35. The molecule has 1 atom stereocenters. The van der Waals surface area contributed by atoms with Crippen molar-refractivity contribution in [1.82, 2.24) is 14.5 Å². The van der Waals surface area contributed by atoms with Crippen molar-refractivity contribution in [3.8, 4) is 22.5 Å². The van der Waals surface area contributed by atoms with E-state index >= 15 is 0 Å². The van der Waals surface area contributed by atoms with Crippen LogP contribution in [0.2, 0.25) is 0 Å². The van der Waals surface area contributed by atoms with Gasteiger partial charge >= 0.3 is 0 Å². The third kappa shape index (κ3) is 3.99. The van der Waals surface area contributed by atoms with E-state index in [9.17, 15) is 4.79 Å². The van der Waals surface area contributed by atoms with Gasteiger partial charge in [-0.3, -0.25) is 4.79 Å². The number of halogens is 1. The maximum Gasteiger partial charge on any atom is 0.225 e. The molecule has 1 aromatic heterocycles. The van der Waals surface area contributed by atoms with E-state index in [1.54, 1.807) is 0 Å². The first-order valence-corrected chi connectivity index (χ1v) is 12.6. The number of nitrogens with zero attached hydrogens (tertiary/aromatic N) is 3. The third-order valence-electron chi connectivity index (χ3n) is 6.94. The lowest BCUT2D eigenvalue weighted by molar-refractivity contribution is -0.131. The Labute approximate surface area is 202 Å². The molecule has 4 nitrogen and oxygen atoms in total. The number of para-hydroxylation sites is 1. The van der Waals surface area contributed by atoms with Crippen molar-refractivity contribution in [3.63, 3.8) is 0 Å². The highest BCUT2D eigenvalue weighted by Gasteiger charge is 2.36. The van der Waals surface area contributed by atoms with Crippen LogP contribution in [0.25, 0.3) is 33.5 Å². The second-order valence-corrected chi connectivity index (χ2v) is 10.2. The molecule has 0 bridgehead atoms. The number of carbonyl (C=O) groups is 1. The fourth-order valence-electron chi connectivity index (χ4n) is 4.99. The molecule has 0 unspecified atom stereocenters. The van der Waals surface area contributed by atoms with Crippen LogP contribution in [0.1, 0.15) is 19.3 Å². The van der Waals surface area contributed by atoms with Gasteiger partial charge in [-0.25, -0.2) is 4.98 Å². The number of aromatic nitrogens is 2. The van der Waals surface area contributed by atoms with Crippen LogP contribution in [0.4, 0.5) is 0 Å². The maximum absolute atomic E-state index is 12.6. The highest BCUT2D eigenvalue weighted by molar-refractivity contribution is 9.10. The fourth-order valence-corrected chi connectivity index (χ4v) is 5.43. The number of hydrogen-bond donors (Lipinski definition) is 0. The van der Waals surface area contributed by atoms with Crippen molar-refractivity contribution >= 4 is 32.9 Å². The summed E-state index contributed by atoms with van der Waals surface area (Å²) in [7, 11) is 0. The molecule has 1 saturated carbocycles. The Kier molecular flexibility index (Phi) is 5.30. The zero-order valence-corrected chi connectivity index (χ0v) is 20.0. The second-order valence-electron chi connectivity index (χ2n) is 9.31. The van der Waals surface area contributed by atoms with E-state index in [0.717, 1.165) is 65.8 Å². The predicted molar refractivity (Wildman–Crippen MR) is 136 cm³/mol. The fraction of sp³-hybridized carbons (Fsp3) is 0.286. The minimum absolute atomic E-state index is 0.299. The molecule has 166 valence electrons. The summed E-state index contributed by atoms with van der Waals surface area (Å²) < 4.78 is 3.37. The summed E-state index contributed by atoms with van der Waals surface area (Å²) in [5, 5.41) is 0. The topological polar surface area (TPSA) is 38.1 Å². The molecule has 6 rings (SSSR count). The maximum atomic E-state index is 12.6.